The zero-order valence-electron chi connectivity index (χ0n) is 13.7. The Balaban J connectivity index is 1.49. The molecule has 4 nitrogen and oxygen atoms in total. The quantitative estimate of drug-likeness (QED) is 0.901. The highest BCUT2D eigenvalue weighted by molar-refractivity contribution is 6.31. The molecule has 2 aliphatic carbocycles. The fourth-order valence-electron chi connectivity index (χ4n) is 4.44. The third-order valence-electron chi connectivity index (χ3n) is 5.67. The number of nitrogens with zero attached hydrogens (tertiary/aromatic N) is 2. The minimum absolute atomic E-state index is 0.124. The van der Waals surface area contributed by atoms with Crippen molar-refractivity contribution in [2.45, 2.75) is 65.5 Å². The van der Waals surface area contributed by atoms with Gasteiger partial charge in [-0.25, -0.2) is 0 Å². The molecule has 0 spiro atoms. The van der Waals surface area contributed by atoms with Crippen LogP contribution in [0, 0.1) is 31.6 Å². The van der Waals surface area contributed by atoms with E-state index >= 15 is 0 Å². The Morgan fingerprint density at radius 2 is 2.18 bits per heavy atom. The average Bonchev–Trinajstić information content (AvgIpc) is 3.17. The van der Waals surface area contributed by atoms with Gasteiger partial charge in [-0.1, -0.05) is 18.0 Å². The van der Waals surface area contributed by atoms with Crippen molar-refractivity contribution in [1.82, 2.24) is 15.1 Å². The largest absolute Gasteiger partial charge is 0.353 e. The van der Waals surface area contributed by atoms with Gasteiger partial charge in [0.1, 0.15) is 0 Å². The first-order valence-electron chi connectivity index (χ1n) is 8.44. The van der Waals surface area contributed by atoms with E-state index in [2.05, 4.69) is 17.3 Å². The van der Waals surface area contributed by atoms with Crippen molar-refractivity contribution < 1.29 is 4.79 Å². The lowest BCUT2D eigenvalue weighted by molar-refractivity contribution is -0.122. The highest BCUT2D eigenvalue weighted by Crippen LogP contribution is 2.49. The van der Waals surface area contributed by atoms with Gasteiger partial charge < -0.3 is 5.32 Å². The number of nitrogens with one attached hydrogen (secondary N) is 1. The van der Waals surface area contributed by atoms with Crippen LogP contribution in [-0.4, -0.2) is 21.7 Å². The SMILES string of the molecule is Cc1nn(CCC(=O)N[C@H](C)[C@H]2C[C@H]3CC[C@H]2C3)c(C)c1Cl. The van der Waals surface area contributed by atoms with Crippen LogP contribution in [0.4, 0.5) is 0 Å². The number of carbonyl (C=O) groups excluding carboxylic acids is 1. The molecule has 0 radical (unpaired) electrons. The molecule has 2 fully saturated rings. The summed E-state index contributed by atoms with van der Waals surface area (Å²) < 4.78 is 1.83. The molecule has 0 aliphatic heterocycles. The lowest BCUT2D eigenvalue weighted by Gasteiger charge is -2.28. The molecule has 1 heterocycles. The van der Waals surface area contributed by atoms with E-state index in [0.29, 0.717) is 29.9 Å². The van der Waals surface area contributed by atoms with E-state index in [1.54, 1.807) is 0 Å². The number of hydrogen-bond acceptors (Lipinski definition) is 2. The molecule has 0 unspecified atom stereocenters. The van der Waals surface area contributed by atoms with Crippen LogP contribution < -0.4 is 5.32 Å². The van der Waals surface area contributed by atoms with Crippen molar-refractivity contribution in [3.8, 4) is 0 Å². The fraction of sp³-hybridized carbons (Fsp3) is 0.765. The molecule has 2 saturated carbocycles. The smallest absolute Gasteiger partial charge is 0.222 e. The highest BCUT2D eigenvalue weighted by atomic mass is 35.5. The predicted molar refractivity (Wildman–Crippen MR) is 87.9 cm³/mol. The number of carbonyl (C=O) groups is 1. The van der Waals surface area contributed by atoms with E-state index in [-0.39, 0.29) is 5.91 Å². The van der Waals surface area contributed by atoms with Gasteiger partial charge in [-0.2, -0.15) is 5.10 Å². The lowest BCUT2D eigenvalue weighted by Crippen LogP contribution is -2.40. The van der Waals surface area contributed by atoms with Crippen LogP contribution in [0.5, 0.6) is 0 Å². The van der Waals surface area contributed by atoms with Crippen LogP contribution in [0.25, 0.3) is 0 Å². The van der Waals surface area contributed by atoms with Gasteiger partial charge in [0.2, 0.25) is 5.91 Å². The molecule has 2 bridgehead atoms. The van der Waals surface area contributed by atoms with Gasteiger partial charge in [-0.05, 0) is 57.8 Å². The Hall–Kier alpha value is -1.03. The van der Waals surface area contributed by atoms with E-state index in [9.17, 15) is 4.79 Å². The first-order chi connectivity index (χ1) is 10.5. The highest BCUT2D eigenvalue weighted by Gasteiger charge is 2.42. The Morgan fingerprint density at radius 3 is 2.73 bits per heavy atom. The van der Waals surface area contributed by atoms with Crippen molar-refractivity contribution in [2.75, 3.05) is 0 Å². The van der Waals surface area contributed by atoms with Crippen LogP contribution >= 0.6 is 11.6 Å². The summed E-state index contributed by atoms with van der Waals surface area (Å²) in [6, 6.07) is 0.298. The van der Waals surface area contributed by atoms with Crippen LogP contribution in [0.1, 0.15) is 50.4 Å². The maximum atomic E-state index is 12.2. The molecule has 22 heavy (non-hydrogen) atoms. The van der Waals surface area contributed by atoms with Crippen LogP contribution in [0.15, 0.2) is 0 Å². The average molecular weight is 324 g/mol. The number of aromatic nitrogens is 2. The van der Waals surface area contributed by atoms with Crippen molar-refractivity contribution in [1.29, 1.82) is 0 Å². The molecular formula is C17H26ClN3O. The third kappa shape index (κ3) is 3.03. The van der Waals surface area contributed by atoms with Gasteiger partial charge in [-0.15, -0.1) is 0 Å². The topological polar surface area (TPSA) is 46.9 Å². The summed E-state index contributed by atoms with van der Waals surface area (Å²) in [5, 5.41) is 8.28. The van der Waals surface area contributed by atoms with E-state index in [1.165, 1.54) is 25.7 Å². The summed E-state index contributed by atoms with van der Waals surface area (Å²) in [5.41, 5.74) is 1.77. The van der Waals surface area contributed by atoms with Crippen molar-refractivity contribution in [2.24, 2.45) is 17.8 Å². The zero-order chi connectivity index (χ0) is 15.9. The van der Waals surface area contributed by atoms with E-state index in [0.717, 1.165) is 23.2 Å². The number of hydrogen-bond donors (Lipinski definition) is 1. The van der Waals surface area contributed by atoms with Crippen molar-refractivity contribution in [3.05, 3.63) is 16.4 Å². The molecule has 122 valence electrons. The van der Waals surface area contributed by atoms with Gasteiger partial charge in [0.15, 0.2) is 0 Å². The monoisotopic (exact) mass is 323 g/mol. The first-order valence-corrected chi connectivity index (χ1v) is 8.82. The van der Waals surface area contributed by atoms with Crippen LogP contribution in [0.2, 0.25) is 5.02 Å². The Kier molecular flexibility index (Phi) is 4.49. The van der Waals surface area contributed by atoms with Crippen molar-refractivity contribution in [3.63, 3.8) is 0 Å². The molecule has 5 heteroatoms. The molecule has 3 rings (SSSR count). The maximum Gasteiger partial charge on any atom is 0.222 e. The molecule has 0 aromatic carbocycles. The van der Waals surface area contributed by atoms with E-state index in [4.69, 9.17) is 11.6 Å². The van der Waals surface area contributed by atoms with Gasteiger partial charge in [-0.3, -0.25) is 9.48 Å². The number of halogens is 1. The summed E-state index contributed by atoms with van der Waals surface area (Å²) in [5.74, 6) is 2.58. The second-order valence-corrected chi connectivity index (χ2v) is 7.53. The normalized spacial score (nSPS) is 28.1. The number of amides is 1. The Morgan fingerprint density at radius 1 is 1.41 bits per heavy atom. The van der Waals surface area contributed by atoms with Crippen molar-refractivity contribution >= 4 is 17.5 Å². The molecule has 1 aromatic heterocycles. The van der Waals surface area contributed by atoms with Gasteiger partial charge >= 0.3 is 0 Å². The van der Waals surface area contributed by atoms with E-state index < -0.39 is 0 Å². The number of rotatable bonds is 5. The minimum atomic E-state index is 0.124. The standard InChI is InChI=1S/C17H26ClN3O/c1-10(15-9-13-4-5-14(15)8-13)19-16(22)6-7-21-12(3)17(18)11(2)20-21/h10,13-15H,4-9H2,1-3H3,(H,19,22)/t10-,13+,14+,15-/m1/s1. The maximum absolute atomic E-state index is 12.2. The molecule has 1 N–H and O–H groups in total. The molecule has 1 amide bonds. The molecule has 0 saturated heterocycles. The fourth-order valence-corrected chi connectivity index (χ4v) is 4.58. The van der Waals surface area contributed by atoms with Gasteiger partial charge in [0.05, 0.1) is 23.0 Å². The number of fused-ring (bicyclic) bond motifs is 2. The third-order valence-corrected chi connectivity index (χ3v) is 6.21. The molecule has 4 atom stereocenters. The predicted octanol–water partition coefficient (Wildman–Crippen LogP) is 3.48. The molecule has 2 aliphatic rings. The Labute approximate surface area is 137 Å². The van der Waals surface area contributed by atoms with Crippen LogP contribution in [-0.2, 0) is 11.3 Å². The summed E-state index contributed by atoms with van der Waals surface area (Å²) in [7, 11) is 0. The molecular weight excluding hydrogens is 298 g/mol. The van der Waals surface area contributed by atoms with Gasteiger partial charge in [0, 0.05) is 12.5 Å². The summed E-state index contributed by atoms with van der Waals surface area (Å²) in [6.07, 6.45) is 5.91. The second-order valence-electron chi connectivity index (χ2n) is 7.15. The van der Waals surface area contributed by atoms with E-state index in [1.807, 2.05) is 18.5 Å². The lowest BCUT2D eigenvalue weighted by atomic mass is 9.84. The Bertz CT molecular complexity index is 568. The van der Waals surface area contributed by atoms with Gasteiger partial charge in [0.25, 0.3) is 0 Å². The summed E-state index contributed by atoms with van der Waals surface area (Å²) in [4.78, 5) is 12.2. The first kappa shape index (κ1) is 15.9. The minimum Gasteiger partial charge on any atom is -0.353 e. The van der Waals surface area contributed by atoms with Crippen LogP contribution in [0.3, 0.4) is 0 Å². The second kappa shape index (κ2) is 6.23. The summed E-state index contributed by atoms with van der Waals surface area (Å²) >= 11 is 6.14. The summed E-state index contributed by atoms with van der Waals surface area (Å²) in [6.45, 7) is 6.60. The number of aryl methyl sites for hydroxylation is 2. The molecule has 1 aromatic rings. The zero-order valence-corrected chi connectivity index (χ0v) is 14.5.